The second-order valence-corrected chi connectivity index (χ2v) is 1.55. The minimum atomic E-state index is -0.176. The van der Waals surface area contributed by atoms with Gasteiger partial charge in [-0.3, -0.25) is 4.79 Å². The zero-order valence-corrected chi connectivity index (χ0v) is 4.29. The van der Waals surface area contributed by atoms with Crippen molar-refractivity contribution >= 4 is 23.2 Å². The Bertz CT molecular complexity index is 108. The zero-order valence-electron chi connectivity index (χ0n) is 3.47. The van der Waals surface area contributed by atoms with Gasteiger partial charge in [0.15, 0.2) is 5.11 Å². The van der Waals surface area contributed by atoms with Crippen molar-refractivity contribution in [2.75, 3.05) is 6.54 Å². The summed E-state index contributed by atoms with van der Waals surface area (Å²) in [4.78, 5) is 10.1. The van der Waals surface area contributed by atoms with Gasteiger partial charge in [0, 0.05) is 0 Å². The minimum absolute atomic E-state index is 0.176. The molecule has 0 aromatic heterocycles. The Morgan fingerprint density at radius 2 is 2.57 bits per heavy atom. The maximum absolute atomic E-state index is 10.1. The highest BCUT2D eigenvalue weighted by molar-refractivity contribution is 7.80. The maximum atomic E-state index is 10.1. The summed E-state index contributed by atoms with van der Waals surface area (Å²) >= 11 is 4.50. The van der Waals surface area contributed by atoms with E-state index in [1.807, 2.05) is 0 Å². The number of rotatable bonds is 0. The fourth-order valence-corrected chi connectivity index (χ4v) is 0.518. The quantitative estimate of drug-likeness (QED) is 0.412. The molecule has 0 atom stereocenters. The highest BCUT2D eigenvalue weighted by Gasteiger charge is 2.13. The van der Waals surface area contributed by atoms with Crippen LogP contribution in [0.25, 0.3) is 0 Å². The van der Waals surface area contributed by atoms with Crippen LogP contribution in [0.4, 0.5) is 0 Å². The molecule has 0 aliphatic carbocycles. The van der Waals surface area contributed by atoms with E-state index in [1.54, 1.807) is 0 Å². The normalized spacial score (nSPS) is 18.9. The molecule has 7 heavy (non-hydrogen) atoms. The van der Waals surface area contributed by atoms with E-state index in [-0.39, 0.29) is 12.5 Å². The molecule has 37 valence electrons. The molecule has 1 radical (unpaired) electrons. The van der Waals surface area contributed by atoms with Crippen molar-refractivity contribution in [2.45, 2.75) is 0 Å². The van der Waals surface area contributed by atoms with Gasteiger partial charge in [-0.25, -0.2) is 0 Å². The Kier molecular flexibility index (Phi) is 0.941. The van der Waals surface area contributed by atoms with Crippen molar-refractivity contribution in [2.24, 2.45) is 0 Å². The van der Waals surface area contributed by atoms with E-state index in [0.717, 1.165) is 0 Å². The molecule has 1 saturated heterocycles. The largest absolute Gasteiger partial charge is 0.352 e. The van der Waals surface area contributed by atoms with Crippen LogP contribution in [0, 0.1) is 0 Å². The first-order valence-corrected chi connectivity index (χ1v) is 2.22. The lowest BCUT2D eigenvalue weighted by Gasteiger charge is -1.80. The average molecular weight is 115 g/mol. The van der Waals surface area contributed by atoms with Crippen LogP contribution in [-0.2, 0) is 4.79 Å². The van der Waals surface area contributed by atoms with Gasteiger partial charge in [-0.2, -0.15) is 5.32 Å². The van der Waals surface area contributed by atoms with Gasteiger partial charge in [0.25, 0.3) is 5.91 Å². The molecule has 1 amide bonds. The molecule has 4 heteroatoms. The standard InChI is InChI=1S/C3H3N2OS/c6-2-1-4-3(7)5-2/h1H2,(H,4,7). The first-order valence-electron chi connectivity index (χ1n) is 1.81. The molecule has 0 unspecified atom stereocenters. The number of hydrogen-bond acceptors (Lipinski definition) is 2. The number of hydrogen-bond donors (Lipinski definition) is 1. The smallest absolute Gasteiger partial charge is 0.267 e. The van der Waals surface area contributed by atoms with Crippen molar-refractivity contribution in [1.82, 2.24) is 10.6 Å². The molecule has 0 aromatic carbocycles. The SMILES string of the molecule is O=C1CNC(=S)[N]1. The average Bonchev–Trinajstić information content (AvgIpc) is 1.87. The molecule has 1 aliphatic rings. The van der Waals surface area contributed by atoms with E-state index in [9.17, 15) is 4.79 Å². The van der Waals surface area contributed by atoms with Crippen molar-refractivity contribution in [1.29, 1.82) is 0 Å². The number of amides is 1. The van der Waals surface area contributed by atoms with Crippen molar-refractivity contribution < 1.29 is 4.79 Å². The van der Waals surface area contributed by atoms with Gasteiger partial charge in [-0.1, -0.05) is 0 Å². The molecule has 0 spiro atoms. The van der Waals surface area contributed by atoms with E-state index in [1.165, 1.54) is 0 Å². The van der Waals surface area contributed by atoms with E-state index in [0.29, 0.717) is 5.11 Å². The molecule has 0 saturated carbocycles. The van der Waals surface area contributed by atoms with Crippen LogP contribution in [0.5, 0.6) is 0 Å². The lowest BCUT2D eigenvalue weighted by Crippen LogP contribution is -2.15. The van der Waals surface area contributed by atoms with Crippen molar-refractivity contribution in [3.8, 4) is 0 Å². The van der Waals surface area contributed by atoms with E-state index < -0.39 is 0 Å². The lowest BCUT2D eigenvalue weighted by atomic mass is 10.7. The van der Waals surface area contributed by atoms with Gasteiger partial charge in [0.05, 0.1) is 6.54 Å². The Hall–Kier alpha value is -0.640. The zero-order chi connectivity index (χ0) is 5.28. The molecule has 1 aliphatic heterocycles. The van der Waals surface area contributed by atoms with Crippen LogP contribution in [0.3, 0.4) is 0 Å². The monoisotopic (exact) mass is 115 g/mol. The van der Waals surface area contributed by atoms with Gasteiger partial charge < -0.3 is 5.32 Å². The van der Waals surface area contributed by atoms with Gasteiger partial charge in [-0.15, -0.1) is 0 Å². The molecule has 0 bridgehead atoms. The minimum Gasteiger partial charge on any atom is -0.352 e. The summed E-state index contributed by atoms with van der Waals surface area (Å²) in [7, 11) is 0. The number of carbonyl (C=O) groups is 1. The summed E-state index contributed by atoms with van der Waals surface area (Å²) < 4.78 is 0. The fourth-order valence-electron chi connectivity index (χ4n) is 0.344. The predicted molar refractivity (Wildman–Crippen MR) is 27.7 cm³/mol. The third-order valence-corrected chi connectivity index (χ3v) is 0.853. The molecular weight excluding hydrogens is 112 g/mol. The molecule has 1 N–H and O–H groups in total. The number of thiocarbonyl (C=S) groups is 1. The highest BCUT2D eigenvalue weighted by Crippen LogP contribution is 1.78. The van der Waals surface area contributed by atoms with E-state index in [4.69, 9.17) is 0 Å². The molecule has 1 fully saturated rings. The Labute approximate surface area is 46.1 Å². The van der Waals surface area contributed by atoms with Crippen LogP contribution in [0.1, 0.15) is 0 Å². The van der Waals surface area contributed by atoms with E-state index in [2.05, 4.69) is 22.9 Å². The molecule has 0 aromatic rings. The first kappa shape index (κ1) is 4.52. The van der Waals surface area contributed by atoms with Crippen molar-refractivity contribution in [3.63, 3.8) is 0 Å². The summed E-state index contributed by atoms with van der Waals surface area (Å²) in [6, 6.07) is 0. The van der Waals surface area contributed by atoms with Crippen LogP contribution in [-0.4, -0.2) is 17.6 Å². The van der Waals surface area contributed by atoms with Crippen molar-refractivity contribution in [3.05, 3.63) is 0 Å². The molecule has 1 heterocycles. The third kappa shape index (κ3) is 0.866. The molecule has 3 nitrogen and oxygen atoms in total. The number of nitrogens with zero attached hydrogens (tertiary/aromatic N) is 1. The summed E-state index contributed by atoms with van der Waals surface area (Å²) in [5.41, 5.74) is 0. The maximum Gasteiger partial charge on any atom is 0.267 e. The second kappa shape index (κ2) is 1.46. The van der Waals surface area contributed by atoms with Gasteiger partial charge in [-0.05, 0) is 12.2 Å². The first-order chi connectivity index (χ1) is 3.29. The lowest BCUT2D eigenvalue weighted by molar-refractivity contribution is -0.117. The predicted octanol–water partition coefficient (Wildman–Crippen LogP) is -0.994. The number of nitrogens with one attached hydrogen (secondary N) is 1. The summed E-state index contributed by atoms with van der Waals surface area (Å²) in [6.07, 6.45) is 0. The van der Waals surface area contributed by atoms with E-state index >= 15 is 0 Å². The number of carbonyl (C=O) groups excluding carboxylic acids is 1. The Morgan fingerprint density at radius 3 is 2.71 bits per heavy atom. The topological polar surface area (TPSA) is 43.2 Å². The van der Waals surface area contributed by atoms with Crippen LogP contribution >= 0.6 is 12.2 Å². The summed E-state index contributed by atoms with van der Waals surface area (Å²) in [5.74, 6) is -0.176. The second-order valence-electron chi connectivity index (χ2n) is 1.16. The van der Waals surface area contributed by atoms with Gasteiger partial charge >= 0.3 is 0 Å². The molecular formula is C3H3N2OS. The summed E-state index contributed by atoms with van der Waals surface area (Å²) in [6.45, 7) is 0.277. The van der Waals surface area contributed by atoms with Gasteiger partial charge in [0.1, 0.15) is 0 Å². The Balaban J connectivity index is 2.55. The van der Waals surface area contributed by atoms with Crippen LogP contribution < -0.4 is 10.6 Å². The van der Waals surface area contributed by atoms with Gasteiger partial charge in [0.2, 0.25) is 0 Å². The molecule has 1 rings (SSSR count). The Morgan fingerprint density at radius 1 is 1.86 bits per heavy atom. The highest BCUT2D eigenvalue weighted by atomic mass is 32.1. The van der Waals surface area contributed by atoms with Crippen LogP contribution in [0.15, 0.2) is 0 Å². The van der Waals surface area contributed by atoms with Crippen LogP contribution in [0.2, 0.25) is 0 Å². The third-order valence-electron chi connectivity index (χ3n) is 0.617. The fraction of sp³-hybridized carbons (Fsp3) is 0.333. The summed E-state index contributed by atoms with van der Waals surface area (Å²) in [5, 5.41) is 6.27.